The first-order chi connectivity index (χ1) is 14.5. The molecule has 30 heavy (non-hydrogen) atoms. The molecule has 1 aromatic carbocycles. The Hall–Kier alpha value is -2.81. The topological polar surface area (TPSA) is 100 Å². The standard InChI is InChI=1S/C21H32N4O5/c1-4-24(15-20(27)23-17-8-6-7-9-18(17)29-3)14-19(26)22-16-10-12-25(13-11-16)21(28)30-5-2/h6-9,16H,4-5,10-15H2,1-3H3,(H,22,26)(H,23,27). The molecule has 0 radical (unpaired) electrons. The van der Waals surface area contributed by atoms with Crippen LogP contribution in [0.3, 0.4) is 0 Å². The second-order valence-electron chi connectivity index (χ2n) is 7.08. The second-order valence-corrected chi connectivity index (χ2v) is 7.08. The molecule has 2 rings (SSSR count). The number of carbonyl (C=O) groups excluding carboxylic acids is 3. The minimum Gasteiger partial charge on any atom is -0.495 e. The van der Waals surface area contributed by atoms with Gasteiger partial charge in [0.1, 0.15) is 5.75 Å². The van der Waals surface area contributed by atoms with Crippen molar-refractivity contribution in [2.75, 3.05) is 51.8 Å². The van der Waals surface area contributed by atoms with Crippen molar-refractivity contribution in [2.45, 2.75) is 32.7 Å². The number of likely N-dealkylation sites (tertiary alicyclic amines) is 1. The molecule has 1 saturated heterocycles. The quantitative estimate of drug-likeness (QED) is 0.631. The summed E-state index contributed by atoms with van der Waals surface area (Å²) in [6.45, 7) is 5.95. The minimum absolute atomic E-state index is 0.0179. The van der Waals surface area contributed by atoms with E-state index >= 15 is 0 Å². The number of nitrogens with one attached hydrogen (secondary N) is 2. The lowest BCUT2D eigenvalue weighted by molar-refractivity contribution is -0.124. The molecule has 166 valence electrons. The number of carbonyl (C=O) groups is 3. The highest BCUT2D eigenvalue weighted by atomic mass is 16.6. The molecule has 9 heteroatoms. The number of likely N-dealkylation sites (N-methyl/N-ethyl adjacent to an activating group) is 1. The first-order valence-corrected chi connectivity index (χ1v) is 10.3. The molecule has 1 aromatic rings. The Kier molecular flexibility index (Phi) is 9.40. The fourth-order valence-corrected chi connectivity index (χ4v) is 3.32. The highest BCUT2D eigenvalue weighted by molar-refractivity contribution is 5.94. The molecule has 9 nitrogen and oxygen atoms in total. The number of anilines is 1. The van der Waals surface area contributed by atoms with Gasteiger partial charge in [-0.05, 0) is 38.4 Å². The third-order valence-corrected chi connectivity index (χ3v) is 4.95. The highest BCUT2D eigenvalue weighted by Crippen LogP contribution is 2.22. The molecule has 0 atom stereocenters. The van der Waals surface area contributed by atoms with Gasteiger partial charge in [-0.1, -0.05) is 19.1 Å². The van der Waals surface area contributed by atoms with E-state index in [0.29, 0.717) is 50.5 Å². The van der Waals surface area contributed by atoms with E-state index in [9.17, 15) is 14.4 Å². The number of amides is 3. The molecule has 0 aliphatic carbocycles. The zero-order chi connectivity index (χ0) is 21.9. The zero-order valence-corrected chi connectivity index (χ0v) is 18.0. The van der Waals surface area contributed by atoms with Gasteiger partial charge in [0.25, 0.3) is 0 Å². The Morgan fingerprint density at radius 1 is 1.10 bits per heavy atom. The van der Waals surface area contributed by atoms with E-state index in [1.54, 1.807) is 36.0 Å². The molecular weight excluding hydrogens is 388 g/mol. The van der Waals surface area contributed by atoms with Crippen molar-refractivity contribution in [3.05, 3.63) is 24.3 Å². The first kappa shape index (κ1) is 23.5. The van der Waals surface area contributed by atoms with Crippen LogP contribution in [-0.4, -0.2) is 80.2 Å². The summed E-state index contributed by atoms with van der Waals surface area (Å²) in [6, 6.07) is 7.20. The van der Waals surface area contributed by atoms with Gasteiger partial charge < -0.3 is 25.0 Å². The summed E-state index contributed by atoms with van der Waals surface area (Å²) in [7, 11) is 1.55. The smallest absolute Gasteiger partial charge is 0.409 e. The summed E-state index contributed by atoms with van der Waals surface area (Å²) in [6.07, 6.45) is 1.07. The summed E-state index contributed by atoms with van der Waals surface area (Å²) in [5, 5.41) is 5.83. The molecule has 0 bridgehead atoms. The summed E-state index contributed by atoms with van der Waals surface area (Å²) < 4.78 is 10.2. The summed E-state index contributed by atoms with van der Waals surface area (Å²) in [5.41, 5.74) is 0.596. The van der Waals surface area contributed by atoms with E-state index in [-0.39, 0.29) is 37.0 Å². The van der Waals surface area contributed by atoms with Crippen LogP contribution in [0, 0.1) is 0 Å². The Bertz CT molecular complexity index is 719. The van der Waals surface area contributed by atoms with Gasteiger partial charge >= 0.3 is 6.09 Å². The molecule has 0 spiro atoms. The number of para-hydroxylation sites is 2. The number of hydrogen-bond acceptors (Lipinski definition) is 6. The average Bonchev–Trinajstić information content (AvgIpc) is 2.74. The average molecular weight is 421 g/mol. The molecule has 1 heterocycles. The van der Waals surface area contributed by atoms with Crippen molar-refractivity contribution < 1.29 is 23.9 Å². The molecule has 1 aliphatic rings. The van der Waals surface area contributed by atoms with E-state index in [1.807, 2.05) is 19.1 Å². The summed E-state index contributed by atoms with van der Waals surface area (Å²) in [5.74, 6) is 0.245. The molecule has 1 aliphatic heterocycles. The summed E-state index contributed by atoms with van der Waals surface area (Å²) in [4.78, 5) is 40.0. The van der Waals surface area contributed by atoms with Crippen molar-refractivity contribution in [1.82, 2.24) is 15.1 Å². The van der Waals surface area contributed by atoms with Crippen LogP contribution in [0.5, 0.6) is 5.75 Å². The van der Waals surface area contributed by atoms with Gasteiger partial charge in [-0.3, -0.25) is 14.5 Å². The number of methoxy groups -OCH3 is 1. The number of rotatable bonds is 9. The Labute approximate surface area is 177 Å². The third kappa shape index (κ3) is 7.22. The van der Waals surface area contributed by atoms with Gasteiger partial charge in [0.15, 0.2) is 0 Å². The molecule has 3 amide bonds. The first-order valence-electron chi connectivity index (χ1n) is 10.3. The van der Waals surface area contributed by atoms with Crippen molar-refractivity contribution in [3.8, 4) is 5.75 Å². The van der Waals surface area contributed by atoms with E-state index in [0.717, 1.165) is 0 Å². The van der Waals surface area contributed by atoms with Crippen molar-refractivity contribution in [2.24, 2.45) is 0 Å². The van der Waals surface area contributed by atoms with E-state index in [1.165, 1.54) is 0 Å². The minimum atomic E-state index is -0.305. The van der Waals surface area contributed by atoms with Crippen LogP contribution in [0.2, 0.25) is 0 Å². The lowest BCUT2D eigenvalue weighted by Gasteiger charge is -2.32. The van der Waals surface area contributed by atoms with Gasteiger partial charge in [0, 0.05) is 19.1 Å². The third-order valence-electron chi connectivity index (χ3n) is 4.95. The van der Waals surface area contributed by atoms with Crippen molar-refractivity contribution in [1.29, 1.82) is 0 Å². The number of hydrogen-bond donors (Lipinski definition) is 2. The zero-order valence-electron chi connectivity index (χ0n) is 18.0. The highest BCUT2D eigenvalue weighted by Gasteiger charge is 2.25. The van der Waals surface area contributed by atoms with E-state index in [2.05, 4.69) is 10.6 Å². The van der Waals surface area contributed by atoms with Crippen LogP contribution in [0.25, 0.3) is 0 Å². The normalized spacial score (nSPS) is 14.3. The van der Waals surface area contributed by atoms with Gasteiger partial charge in [-0.15, -0.1) is 0 Å². The predicted molar refractivity (Wildman–Crippen MR) is 113 cm³/mol. The predicted octanol–water partition coefficient (Wildman–Crippen LogP) is 1.69. The maximum Gasteiger partial charge on any atom is 0.409 e. The molecule has 0 saturated carbocycles. The van der Waals surface area contributed by atoms with Crippen LogP contribution in [-0.2, 0) is 14.3 Å². The van der Waals surface area contributed by atoms with Crippen LogP contribution in [0.4, 0.5) is 10.5 Å². The fraction of sp³-hybridized carbons (Fsp3) is 0.571. The lowest BCUT2D eigenvalue weighted by Crippen LogP contribution is -2.49. The molecule has 0 unspecified atom stereocenters. The van der Waals surface area contributed by atoms with Crippen molar-refractivity contribution >= 4 is 23.6 Å². The lowest BCUT2D eigenvalue weighted by atomic mass is 10.1. The van der Waals surface area contributed by atoms with Gasteiger partial charge in [-0.25, -0.2) is 4.79 Å². The fourth-order valence-electron chi connectivity index (χ4n) is 3.32. The van der Waals surface area contributed by atoms with Gasteiger partial charge in [-0.2, -0.15) is 0 Å². The molecular formula is C21H32N4O5. The van der Waals surface area contributed by atoms with Crippen LogP contribution in [0.1, 0.15) is 26.7 Å². The number of benzene rings is 1. The SMILES string of the molecule is CCOC(=O)N1CCC(NC(=O)CN(CC)CC(=O)Nc2ccccc2OC)CC1. The maximum atomic E-state index is 12.4. The van der Waals surface area contributed by atoms with E-state index in [4.69, 9.17) is 9.47 Å². The Morgan fingerprint density at radius 2 is 1.77 bits per heavy atom. The Morgan fingerprint density at radius 3 is 2.40 bits per heavy atom. The molecule has 2 N–H and O–H groups in total. The molecule has 0 aromatic heterocycles. The largest absolute Gasteiger partial charge is 0.495 e. The van der Waals surface area contributed by atoms with Gasteiger partial charge in [0.05, 0.1) is 32.5 Å². The number of nitrogens with zero attached hydrogens (tertiary/aromatic N) is 2. The Balaban J connectivity index is 1.76. The molecule has 1 fully saturated rings. The van der Waals surface area contributed by atoms with Crippen molar-refractivity contribution in [3.63, 3.8) is 0 Å². The van der Waals surface area contributed by atoms with Crippen LogP contribution >= 0.6 is 0 Å². The van der Waals surface area contributed by atoms with Gasteiger partial charge in [0.2, 0.25) is 11.8 Å². The monoisotopic (exact) mass is 420 g/mol. The maximum absolute atomic E-state index is 12.4. The number of ether oxygens (including phenoxy) is 2. The second kappa shape index (κ2) is 12.0. The van der Waals surface area contributed by atoms with E-state index < -0.39 is 0 Å². The van der Waals surface area contributed by atoms with Crippen LogP contribution < -0.4 is 15.4 Å². The van der Waals surface area contributed by atoms with Crippen LogP contribution in [0.15, 0.2) is 24.3 Å². The number of piperidine rings is 1. The summed E-state index contributed by atoms with van der Waals surface area (Å²) >= 11 is 0.